The van der Waals surface area contributed by atoms with Crippen molar-refractivity contribution in [3.8, 4) is 28.4 Å². The summed E-state index contributed by atoms with van der Waals surface area (Å²) in [4.78, 5) is 4.55. The normalized spacial score (nSPS) is 11.7. The fourth-order valence-corrected chi connectivity index (χ4v) is 3.63. The van der Waals surface area contributed by atoms with Crippen molar-refractivity contribution in [3.63, 3.8) is 0 Å². The molecular weight excluding hydrogens is 401 g/mol. The molecule has 0 saturated carbocycles. The first-order valence-electron chi connectivity index (χ1n) is 8.98. The Bertz CT molecular complexity index is 936. The first-order chi connectivity index (χ1) is 13.8. The van der Waals surface area contributed by atoms with E-state index in [4.69, 9.17) is 4.74 Å². The van der Waals surface area contributed by atoms with Crippen LogP contribution in [-0.2, 0) is 0 Å². The topological polar surface area (TPSA) is 36.3 Å². The zero-order valence-corrected chi connectivity index (χ0v) is 17.1. The second-order valence-electron chi connectivity index (χ2n) is 6.74. The molecule has 3 rings (SSSR count). The lowest BCUT2D eigenvalue weighted by Crippen LogP contribution is -2.17. The van der Waals surface area contributed by atoms with Crippen LogP contribution >= 0.6 is 11.8 Å². The Kier molecular flexibility index (Phi) is 6.42. The Hall–Kier alpha value is -2.61. The van der Waals surface area contributed by atoms with Gasteiger partial charge in [-0.25, -0.2) is 4.98 Å². The fourth-order valence-electron chi connectivity index (χ4n) is 2.69. The third-order valence-corrected chi connectivity index (χ3v) is 5.37. The molecule has 0 atom stereocenters. The highest BCUT2D eigenvalue weighted by molar-refractivity contribution is 7.99. The number of hydrogen-bond acceptors (Lipinski definition) is 4. The van der Waals surface area contributed by atoms with Crippen molar-refractivity contribution in [2.24, 2.45) is 5.92 Å². The number of benzene rings is 2. The van der Waals surface area contributed by atoms with Gasteiger partial charge in [-0.15, -0.1) is 13.2 Å². The Morgan fingerprint density at radius 3 is 2.17 bits per heavy atom. The van der Waals surface area contributed by atoms with E-state index in [9.17, 15) is 13.2 Å². The predicted molar refractivity (Wildman–Crippen MR) is 108 cm³/mol. The number of halogens is 3. The van der Waals surface area contributed by atoms with E-state index in [0.717, 1.165) is 27.9 Å². The summed E-state index contributed by atoms with van der Waals surface area (Å²) in [6.07, 6.45) is -2.95. The zero-order valence-electron chi connectivity index (χ0n) is 16.2. The van der Waals surface area contributed by atoms with Crippen LogP contribution in [-0.4, -0.2) is 28.8 Å². The first-order valence-corrected chi connectivity index (χ1v) is 9.96. The van der Waals surface area contributed by atoms with E-state index in [1.807, 2.05) is 28.8 Å². The number of hydrogen-bond donors (Lipinski definition) is 0. The summed E-state index contributed by atoms with van der Waals surface area (Å²) in [6.45, 7) is 4.24. The third-order valence-electron chi connectivity index (χ3n) is 3.99. The van der Waals surface area contributed by atoms with Crippen molar-refractivity contribution in [2.45, 2.75) is 25.4 Å². The molecule has 2 aromatic carbocycles. The molecule has 0 aliphatic rings. The van der Waals surface area contributed by atoms with Crippen LogP contribution in [0.3, 0.4) is 0 Å². The highest BCUT2D eigenvalue weighted by atomic mass is 32.2. The molecule has 0 unspecified atom stereocenters. The maximum atomic E-state index is 12.5. The maximum Gasteiger partial charge on any atom is 0.573 e. The molecule has 0 fully saturated rings. The molecule has 8 heteroatoms. The molecule has 0 aliphatic heterocycles. The smallest absolute Gasteiger partial charge is 0.497 e. The van der Waals surface area contributed by atoms with Crippen LogP contribution in [0.4, 0.5) is 13.2 Å². The van der Waals surface area contributed by atoms with E-state index in [1.54, 1.807) is 37.2 Å². The summed E-state index contributed by atoms with van der Waals surface area (Å²) < 4.78 is 48.5. The average Bonchev–Trinajstić information content (AvgIpc) is 3.10. The van der Waals surface area contributed by atoms with Crippen molar-refractivity contribution in [1.29, 1.82) is 0 Å². The highest BCUT2D eigenvalue weighted by Crippen LogP contribution is 2.32. The van der Waals surface area contributed by atoms with Crippen LogP contribution in [0, 0.1) is 5.92 Å². The van der Waals surface area contributed by atoms with E-state index >= 15 is 0 Å². The number of thioether (sulfide) groups is 1. The van der Waals surface area contributed by atoms with Crippen molar-refractivity contribution >= 4 is 11.8 Å². The lowest BCUT2D eigenvalue weighted by atomic mass is 10.1. The number of imidazole rings is 1. The van der Waals surface area contributed by atoms with Gasteiger partial charge in [-0.2, -0.15) is 0 Å². The lowest BCUT2D eigenvalue weighted by molar-refractivity contribution is -0.274. The monoisotopic (exact) mass is 422 g/mol. The second-order valence-corrected chi connectivity index (χ2v) is 7.72. The van der Waals surface area contributed by atoms with Crippen LogP contribution in [0.2, 0.25) is 0 Å². The quantitative estimate of drug-likeness (QED) is 0.425. The van der Waals surface area contributed by atoms with Gasteiger partial charge in [0.2, 0.25) is 0 Å². The molecule has 0 amide bonds. The summed E-state index contributed by atoms with van der Waals surface area (Å²) >= 11 is 1.60. The SMILES string of the molecule is COc1ccc(-c2cnc(SCC(C)C)n2-c2ccc(OC(F)(F)F)cc2)cc1. The summed E-state index contributed by atoms with van der Waals surface area (Å²) in [5, 5.41) is 0.772. The Balaban J connectivity index is 2.00. The van der Waals surface area contributed by atoms with E-state index in [2.05, 4.69) is 23.6 Å². The van der Waals surface area contributed by atoms with E-state index in [0.29, 0.717) is 11.6 Å². The molecule has 0 aliphatic carbocycles. The molecule has 154 valence electrons. The van der Waals surface area contributed by atoms with Crippen molar-refractivity contribution < 1.29 is 22.6 Å². The van der Waals surface area contributed by atoms with Gasteiger partial charge >= 0.3 is 6.36 Å². The van der Waals surface area contributed by atoms with Crippen LogP contribution in [0.1, 0.15) is 13.8 Å². The second kappa shape index (κ2) is 8.82. The van der Waals surface area contributed by atoms with Crippen LogP contribution < -0.4 is 9.47 Å². The van der Waals surface area contributed by atoms with Gasteiger partial charge in [0.1, 0.15) is 11.5 Å². The minimum absolute atomic E-state index is 0.260. The minimum Gasteiger partial charge on any atom is -0.497 e. The first kappa shape index (κ1) is 21.1. The molecule has 0 bridgehead atoms. The van der Waals surface area contributed by atoms with E-state index in [1.165, 1.54) is 12.1 Å². The van der Waals surface area contributed by atoms with Gasteiger partial charge in [0.15, 0.2) is 5.16 Å². The summed E-state index contributed by atoms with van der Waals surface area (Å²) in [5.74, 6) is 1.82. The number of ether oxygens (including phenoxy) is 2. The van der Waals surface area contributed by atoms with Gasteiger partial charge in [0, 0.05) is 17.0 Å². The Morgan fingerprint density at radius 2 is 1.62 bits per heavy atom. The number of rotatable bonds is 7. The lowest BCUT2D eigenvalue weighted by Gasteiger charge is -2.14. The predicted octanol–water partition coefficient (Wildman–Crippen LogP) is 6.19. The third kappa shape index (κ3) is 5.47. The fraction of sp³-hybridized carbons (Fsp3) is 0.286. The summed E-state index contributed by atoms with van der Waals surface area (Å²) in [5.41, 5.74) is 2.46. The van der Waals surface area contributed by atoms with Crippen LogP contribution in [0.5, 0.6) is 11.5 Å². The van der Waals surface area contributed by atoms with Gasteiger partial charge in [-0.1, -0.05) is 25.6 Å². The maximum absolute atomic E-state index is 12.5. The standard InChI is InChI=1S/C21H21F3N2O2S/c1-14(2)13-29-20-25-12-19(15-4-8-17(27-3)9-5-15)26(20)16-6-10-18(11-7-16)28-21(22,23)24/h4-12,14H,13H2,1-3H3. The molecule has 4 nitrogen and oxygen atoms in total. The molecular formula is C21H21F3N2O2S. The van der Waals surface area contributed by atoms with Gasteiger partial charge in [-0.05, 0) is 54.4 Å². The average molecular weight is 422 g/mol. The molecule has 0 saturated heterocycles. The minimum atomic E-state index is -4.72. The Labute approximate surface area is 171 Å². The van der Waals surface area contributed by atoms with Crippen LogP contribution in [0.15, 0.2) is 59.9 Å². The van der Waals surface area contributed by atoms with E-state index < -0.39 is 6.36 Å². The highest BCUT2D eigenvalue weighted by Gasteiger charge is 2.31. The summed E-state index contributed by atoms with van der Waals surface area (Å²) in [6, 6.07) is 13.3. The van der Waals surface area contributed by atoms with Gasteiger partial charge in [0.05, 0.1) is 19.0 Å². The largest absolute Gasteiger partial charge is 0.573 e. The van der Waals surface area contributed by atoms with E-state index in [-0.39, 0.29) is 5.75 Å². The van der Waals surface area contributed by atoms with Crippen molar-refractivity contribution in [1.82, 2.24) is 9.55 Å². The molecule has 0 radical (unpaired) electrons. The molecule has 3 aromatic rings. The number of alkyl halides is 3. The van der Waals surface area contributed by atoms with Gasteiger partial charge in [-0.3, -0.25) is 4.57 Å². The molecule has 1 aromatic heterocycles. The summed E-state index contributed by atoms with van der Waals surface area (Å²) in [7, 11) is 1.60. The molecule has 0 N–H and O–H groups in total. The molecule has 29 heavy (non-hydrogen) atoms. The van der Waals surface area contributed by atoms with Crippen molar-refractivity contribution in [2.75, 3.05) is 12.9 Å². The number of aromatic nitrogens is 2. The molecule has 1 heterocycles. The van der Waals surface area contributed by atoms with Gasteiger partial charge in [0.25, 0.3) is 0 Å². The van der Waals surface area contributed by atoms with Gasteiger partial charge < -0.3 is 9.47 Å². The Morgan fingerprint density at radius 1 is 1.00 bits per heavy atom. The number of nitrogens with zero attached hydrogens (tertiary/aromatic N) is 2. The zero-order chi connectivity index (χ0) is 21.0. The molecule has 0 spiro atoms. The number of methoxy groups -OCH3 is 1. The van der Waals surface area contributed by atoms with Crippen LogP contribution in [0.25, 0.3) is 16.9 Å². The van der Waals surface area contributed by atoms with Crippen molar-refractivity contribution in [3.05, 3.63) is 54.7 Å².